The average molecular weight is 251 g/mol. The predicted octanol–water partition coefficient (Wildman–Crippen LogP) is 0.895. The number of anilines is 1. The number of benzene rings is 1. The van der Waals surface area contributed by atoms with Crippen LogP contribution in [0.5, 0.6) is 0 Å². The summed E-state index contributed by atoms with van der Waals surface area (Å²) in [5.74, 6) is 0.805. The van der Waals surface area contributed by atoms with Crippen molar-refractivity contribution in [2.45, 2.75) is 0 Å². The van der Waals surface area contributed by atoms with E-state index in [1.807, 2.05) is 0 Å². The van der Waals surface area contributed by atoms with Crippen molar-refractivity contribution in [1.29, 1.82) is 0 Å². The molecule has 18 heavy (non-hydrogen) atoms. The minimum atomic E-state index is -0.964. The van der Waals surface area contributed by atoms with E-state index in [-0.39, 0.29) is 18.8 Å². The van der Waals surface area contributed by atoms with Crippen LogP contribution in [0.25, 0.3) is 0 Å². The number of carbonyl (C=O) groups is 1. The fourth-order valence-corrected chi connectivity index (χ4v) is 1.23. The number of para-hydroxylation sites is 1. The quantitative estimate of drug-likeness (QED) is 0.462. The third-order valence-electron chi connectivity index (χ3n) is 2.00. The third-order valence-corrected chi connectivity index (χ3v) is 2.00. The molecular weight excluding hydrogens is 241 g/mol. The molecule has 0 bridgehead atoms. The topological polar surface area (TPSA) is 84.3 Å². The summed E-state index contributed by atoms with van der Waals surface area (Å²) in [5.41, 5.74) is -0.752. The van der Waals surface area contributed by atoms with Crippen LogP contribution in [-0.2, 0) is 4.79 Å². The highest BCUT2D eigenvalue weighted by Gasteiger charge is 2.19. The van der Waals surface area contributed by atoms with Gasteiger partial charge in [0.2, 0.25) is 11.7 Å². The second-order valence-corrected chi connectivity index (χ2v) is 3.23. The molecule has 0 fully saturated rings. The van der Waals surface area contributed by atoms with Crippen molar-refractivity contribution in [3.8, 4) is 12.3 Å². The van der Waals surface area contributed by atoms with E-state index in [9.17, 15) is 19.3 Å². The van der Waals surface area contributed by atoms with Crippen LogP contribution in [0.4, 0.5) is 15.8 Å². The van der Waals surface area contributed by atoms with E-state index < -0.39 is 22.3 Å². The molecule has 0 spiro atoms. The van der Waals surface area contributed by atoms with Crippen molar-refractivity contribution in [2.75, 3.05) is 18.4 Å². The summed E-state index contributed by atoms with van der Waals surface area (Å²) in [6.45, 7) is -0.169. The lowest BCUT2D eigenvalue weighted by atomic mass is 10.2. The fraction of sp³-hybridized carbons (Fsp3) is 0.182. The molecule has 0 saturated carbocycles. The van der Waals surface area contributed by atoms with Crippen LogP contribution >= 0.6 is 0 Å². The van der Waals surface area contributed by atoms with E-state index in [0.717, 1.165) is 6.07 Å². The molecule has 0 saturated heterocycles. The summed E-state index contributed by atoms with van der Waals surface area (Å²) >= 11 is 0. The van der Waals surface area contributed by atoms with E-state index >= 15 is 0 Å². The Labute approximate surface area is 102 Å². The average Bonchev–Trinajstić information content (AvgIpc) is 2.33. The Bertz CT molecular complexity index is 511. The Morgan fingerprint density at radius 2 is 2.28 bits per heavy atom. The molecule has 0 unspecified atom stereocenters. The Kier molecular flexibility index (Phi) is 4.63. The number of hydrogen-bond donors (Lipinski definition) is 2. The largest absolute Gasteiger partial charge is 0.370 e. The maximum atomic E-state index is 13.2. The van der Waals surface area contributed by atoms with Crippen LogP contribution in [0.15, 0.2) is 18.2 Å². The van der Waals surface area contributed by atoms with Gasteiger partial charge in [-0.3, -0.25) is 14.9 Å². The highest BCUT2D eigenvalue weighted by atomic mass is 19.1. The van der Waals surface area contributed by atoms with Gasteiger partial charge in [-0.2, -0.15) is 4.39 Å². The molecule has 0 aliphatic rings. The van der Waals surface area contributed by atoms with Crippen molar-refractivity contribution in [3.63, 3.8) is 0 Å². The van der Waals surface area contributed by atoms with Gasteiger partial charge in [0.25, 0.3) is 0 Å². The molecule has 1 aromatic carbocycles. The smallest absolute Gasteiger partial charge is 0.327 e. The normalized spacial score (nSPS) is 9.33. The molecule has 6 nitrogen and oxygen atoms in total. The molecule has 1 rings (SSSR count). The molecule has 0 atom stereocenters. The van der Waals surface area contributed by atoms with E-state index in [1.54, 1.807) is 0 Å². The van der Waals surface area contributed by atoms with Crippen molar-refractivity contribution < 1.29 is 14.1 Å². The Morgan fingerprint density at radius 3 is 2.89 bits per heavy atom. The van der Waals surface area contributed by atoms with Crippen LogP contribution in [0.1, 0.15) is 0 Å². The number of carbonyl (C=O) groups excluding carboxylic acids is 1. The highest BCUT2D eigenvalue weighted by Crippen LogP contribution is 2.26. The highest BCUT2D eigenvalue weighted by molar-refractivity contribution is 5.81. The molecule has 0 heterocycles. The molecule has 0 aromatic heterocycles. The molecule has 0 aliphatic carbocycles. The number of nitro benzene ring substituents is 1. The summed E-state index contributed by atoms with van der Waals surface area (Å²) in [7, 11) is 0. The van der Waals surface area contributed by atoms with Gasteiger partial charge < -0.3 is 10.6 Å². The van der Waals surface area contributed by atoms with Gasteiger partial charge in [-0.15, -0.1) is 6.42 Å². The Morgan fingerprint density at radius 1 is 1.56 bits per heavy atom. The van der Waals surface area contributed by atoms with Crippen LogP contribution in [0.2, 0.25) is 0 Å². The molecule has 7 heteroatoms. The maximum Gasteiger partial charge on any atom is 0.327 e. The summed E-state index contributed by atoms with van der Waals surface area (Å²) in [6, 6.07) is 3.60. The summed E-state index contributed by atoms with van der Waals surface area (Å²) in [6.07, 6.45) is 4.94. The van der Waals surface area contributed by atoms with Gasteiger partial charge in [0.15, 0.2) is 0 Å². The molecule has 0 aliphatic heterocycles. The second-order valence-electron chi connectivity index (χ2n) is 3.23. The zero-order chi connectivity index (χ0) is 13.5. The summed E-state index contributed by atoms with van der Waals surface area (Å²) in [4.78, 5) is 21.0. The first-order chi connectivity index (χ1) is 8.56. The first kappa shape index (κ1) is 13.4. The zero-order valence-electron chi connectivity index (χ0n) is 9.27. The van der Waals surface area contributed by atoms with Gasteiger partial charge in [-0.1, -0.05) is 12.0 Å². The maximum absolute atomic E-state index is 13.2. The number of hydrogen-bond acceptors (Lipinski definition) is 4. The predicted molar refractivity (Wildman–Crippen MR) is 63.4 cm³/mol. The van der Waals surface area contributed by atoms with Crippen LogP contribution in [0.3, 0.4) is 0 Å². The number of rotatable bonds is 5. The second kappa shape index (κ2) is 6.20. The first-order valence-electron chi connectivity index (χ1n) is 4.93. The van der Waals surface area contributed by atoms with Gasteiger partial charge >= 0.3 is 5.69 Å². The molecule has 1 amide bonds. The molecular formula is C11H10FN3O3. The molecule has 0 radical (unpaired) electrons. The monoisotopic (exact) mass is 251 g/mol. The van der Waals surface area contributed by atoms with E-state index in [4.69, 9.17) is 6.42 Å². The van der Waals surface area contributed by atoms with Gasteiger partial charge in [0.1, 0.15) is 5.69 Å². The Balaban J connectivity index is 2.74. The van der Waals surface area contributed by atoms with Crippen molar-refractivity contribution >= 4 is 17.3 Å². The summed E-state index contributed by atoms with van der Waals surface area (Å²) < 4.78 is 13.2. The fourth-order valence-electron chi connectivity index (χ4n) is 1.23. The molecule has 1 aromatic rings. The van der Waals surface area contributed by atoms with Gasteiger partial charge in [0, 0.05) is 0 Å². The minimum Gasteiger partial charge on any atom is -0.370 e. The molecule has 94 valence electrons. The standard InChI is InChI=1S/C11H10FN3O3/c1-2-6-13-10(16)7-14-9-5-3-4-8(12)11(9)15(17)18/h1,3-5,14H,6-7H2,(H,13,16). The number of nitrogens with one attached hydrogen (secondary N) is 2. The van der Waals surface area contributed by atoms with Crippen molar-refractivity contribution in [1.82, 2.24) is 5.32 Å². The molecule has 2 N–H and O–H groups in total. The number of amides is 1. The number of terminal acetylenes is 1. The van der Waals surface area contributed by atoms with Crippen molar-refractivity contribution in [2.24, 2.45) is 0 Å². The lowest BCUT2D eigenvalue weighted by Gasteiger charge is -2.07. The van der Waals surface area contributed by atoms with Gasteiger partial charge in [-0.05, 0) is 12.1 Å². The Hall–Kier alpha value is -2.62. The SMILES string of the molecule is C#CCNC(=O)CNc1cccc(F)c1[N+](=O)[O-]. The first-order valence-corrected chi connectivity index (χ1v) is 4.93. The lowest BCUT2D eigenvalue weighted by molar-refractivity contribution is -0.386. The van der Waals surface area contributed by atoms with Crippen LogP contribution < -0.4 is 10.6 Å². The van der Waals surface area contributed by atoms with Gasteiger partial charge in [0.05, 0.1) is 18.0 Å². The summed E-state index contributed by atoms with van der Waals surface area (Å²) in [5, 5.41) is 15.5. The van der Waals surface area contributed by atoms with Crippen LogP contribution in [0, 0.1) is 28.3 Å². The third kappa shape index (κ3) is 3.45. The number of nitro groups is 1. The van der Waals surface area contributed by atoms with E-state index in [1.165, 1.54) is 12.1 Å². The van der Waals surface area contributed by atoms with Crippen molar-refractivity contribution in [3.05, 3.63) is 34.1 Å². The number of halogens is 1. The van der Waals surface area contributed by atoms with E-state index in [2.05, 4.69) is 16.6 Å². The lowest BCUT2D eigenvalue weighted by Crippen LogP contribution is -2.30. The van der Waals surface area contributed by atoms with Crippen LogP contribution in [-0.4, -0.2) is 23.9 Å². The van der Waals surface area contributed by atoms with E-state index in [0.29, 0.717) is 0 Å². The minimum absolute atomic E-state index is 0.0594. The zero-order valence-corrected chi connectivity index (χ0v) is 9.27. The van der Waals surface area contributed by atoms with Gasteiger partial charge in [-0.25, -0.2) is 0 Å². The number of nitrogens with zero attached hydrogens (tertiary/aromatic N) is 1.